The average Bonchev–Trinajstić information content (AvgIpc) is 2.70. The first-order valence-electron chi connectivity index (χ1n) is 8.75. The summed E-state index contributed by atoms with van der Waals surface area (Å²) < 4.78 is 52.1. The van der Waals surface area contributed by atoms with Gasteiger partial charge in [0.05, 0.1) is 0 Å². The molecule has 166 valence electrons. The van der Waals surface area contributed by atoms with Crippen LogP contribution in [0.15, 0.2) is 84.9 Å². The SMILES string of the molecule is Cc1ccc(OP(=O)(Oc2ccccc2)Oc2ccccc2)cc1.O=[PH](O)O[PH](=O)O. The van der Waals surface area contributed by atoms with E-state index in [-0.39, 0.29) is 0 Å². The molecule has 0 saturated carbocycles. The first-order valence-corrected chi connectivity index (χ1v) is 12.7. The highest BCUT2D eigenvalue weighted by molar-refractivity contribution is 7.49. The average molecular weight is 486 g/mol. The van der Waals surface area contributed by atoms with Crippen molar-refractivity contribution in [3.05, 3.63) is 90.5 Å². The Morgan fingerprint density at radius 2 is 1.00 bits per heavy atom. The lowest BCUT2D eigenvalue weighted by Gasteiger charge is -2.19. The van der Waals surface area contributed by atoms with Crippen molar-refractivity contribution in [3.63, 3.8) is 0 Å². The van der Waals surface area contributed by atoms with Crippen molar-refractivity contribution in [1.82, 2.24) is 0 Å². The molecule has 2 unspecified atom stereocenters. The molecule has 0 aromatic heterocycles. The van der Waals surface area contributed by atoms with Crippen LogP contribution in [0.25, 0.3) is 0 Å². The molecular weight excluding hydrogens is 465 g/mol. The van der Waals surface area contributed by atoms with Gasteiger partial charge in [-0.2, -0.15) is 4.57 Å². The van der Waals surface area contributed by atoms with Crippen molar-refractivity contribution in [2.24, 2.45) is 0 Å². The Hall–Kier alpha value is -2.37. The molecule has 2 atom stereocenters. The molecule has 0 bridgehead atoms. The lowest BCUT2D eigenvalue weighted by atomic mass is 10.2. The third-order valence-electron chi connectivity index (χ3n) is 3.33. The van der Waals surface area contributed by atoms with Gasteiger partial charge in [-0.3, -0.25) is 9.13 Å². The maximum atomic E-state index is 13.1. The van der Waals surface area contributed by atoms with Gasteiger partial charge in [0, 0.05) is 0 Å². The van der Waals surface area contributed by atoms with E-state index in [2.05, 4.69) is 4.31 Å². The highest BCUT2D eigenvalue weighted by Gasteiger charge is 2.33. The van der Waals surface area contributed by atoms with Crippen LogP contribution >= 0.6 is 24.3 Å². The Morgan fingerprint density at radius 1 is 0.645 bits per heavy atom. The van der Waals surface area contributed by atoms with Crippen LogP contribution in [0.1, 0.15) is 5.56 Å². The molecule has 3 aromatic carbocycles. The summed E-state index contributed by atoms with van der Waals surface area (Å²) in [7, 11) is -10.3. The molecular formula is C19H21O9P3. The minimum atomic E-state index is -3.90. The smallest absolute Gasteiger partial charge is 0.386 e. The van der Waals surface area contributed by atoms with E-state index >= 15 is 0 Å². The van der Waals surface area contributed by atoms with Crippen LogP contribution in [0.3, 0.4) is 0 Å². The maximum absolute atomic E-state index is 13.1. The van der Waals surface area contributed by atoms with Crippen LogP contribution in [0.5, 0.6) is 17.2 Å². The number of benzene rings is 3. The van der Waals surface area contributed by atoms with Gasteiger partial charge in [0.15, 0.2) is 0 Å². The summed E-state index contributed by atoms with van der Waals surface area (Å²) in [5, 5.41) is 0. The number of rotatable bonds is 8. The van der Waals surface area contributed by atoms with Crippen molar-refractivity contribution < 1.29 is 41.4 Å². The minimum Gasteiger partial charge on any atom is -0.386 e. The molecule has 0 heterocycles. The summed E-state index contributed by atoms with van der Waals surface area (Å²) >= 11 is 0. The van der Waals surface area contributed by atoms with Gasteiger partial charge in [-0.1, -0.05) is 54.1 Å². The van der Waals surface area contributed by atoms with Gasteiger partial charge >= 0.3 is 24.3 Å². The molecule has 31 heavy (non-hydrogen) atoms. The van der Waals surface area contributed by atoms with Crippen LogP contribution < -0.4 is 13.6 Å². The van der Waals surface area contributed by atoms with E-state index in [1.54, 1.807) is 60.7 Å². The number of phosphoric ester groups is 1. The zero-order valence-corrected chi connectivity index (χ0v) is 19.2. The Morgan fingerprint density at radius 3 is 1.32 bits per heavy atom. The first-order chi connectivity index (χ1) is 14.8. The van der Waals surface area contributed by atoms with Crippen LogP contribution in [0.2, 0.25) is 0 Å². The Labute approximate surface area is 180 Å². The second-order valence-electron chi connectivity index (χ2n) is 5.79. The van der Waals surface area contributed by atoms with Crippen molar-refractivity contribution in [2.45, 2.75) is 6.92 Å². The van der Waals surface area contributed by atoms with E-state index in [9.17, 15) is 13.7 Å². The van der Waals surface area contributed by atoms with E-state index in [1.165, 1.54) is 0 Å². The number of aryl methyl sites for hydroxylation is 1. The fourth-order valence-electron chi connectivity index (χ4n) is 2.08. The third kappa shape index (κ3) is 9.99. The van der Waals surface area contributed by atoms with Crippen molar-refractivity contribution in [3.8, 4) is 17.2 Å². The second kappa shape index (κ2) is 12.5. The Kier molecular flexibility index (Phi) is 10.0. The summed E-state index contributed by atoms with van der Waals surface area (Å²) in [4.78, 5) is 15.4. The first kappa shape index (κ1) is 24.9. The van der Waals surface area contributed by atoms with E-state index in [4.69, 9.17) is 23.4 Å². The quantitative estimate of drug-likeness (QED) is 0.402. The van der Waals surface area contributed by atoms with Crippen LogP contribution in [-0.4, -0.2) is 9.79 Å². The number of phosphoric acid groups is 1. The van der Waals surface area contributed by atoms with Gasteiger partial charge in [0.2, 0.25) is 0 Å². The van der Waals surface area contributed by atoms with Crippen LogP contribution in [-0.2, 0) is 18.0 Å². The van der Waals surface area contributed by atoms with E-state index < -0.39 is 24.3 Å². The molecule has 0 saturated heterocycles. The third-order valence-corrected chi connectivity index (χ3v) is 6.03. The molecule has 0 aliphatic rings. The lowest BCUT2D eigenvalue weighted by molar-refractivity contribution is 0.298. The molecule has 12 heteroatoms. The molecule has 2 N–H and O–H groups in total. The molecule has 0 aliphatic heterocycles. The second-order valence-corrected chi connectivity index (χ2v) is 9.12. The highest BCUT2D eigenvalue weighted by Crippen LogP contribution is 2.49. The zero-order valence-electron chi connectivity index (χ0n) is 16.3. The fraction of sp³-hybridized carbons (Fsp3) is 0.0526. The zero-order chi connectivity index (χ0) is 22.7. The topological polar surface area (TPSA) is 129 Å². The summed E-state index contributed by atoms with van der Waals surface area (Å²) in [6.45, 7) is 1.96. The monoisotopic (exact) mass is 486 g/mol. The van der Waals surface area contributed by atoms with Crippen molar-refractivity contribution >= 4 is 24.3 Å². The van der Waals surface area contributed by atoms with Gasteiger partial charge < -0.3 is 23.4 Å². The molecule has 9 nitrogen and oxygen atoms in total. The molecule has 0 aliphatic carbocycles. The summed E-state index contributed by atoms with van der Waals surface area (Å²) in [5.41, 5.74) is 1.07. The van der Waals surface area contributed by atoms with Crippen LogP contribution in [0, 0.1) is 6.92 Å². The standard InChI is InChI=1S/C19H17O4P.H4O5P2/c1-16-12-14-19(15-13-16)23-24(20,21-17-8-4-2-5-9-17)22-18-10-6-3-7-11-18;1-6(2)5-7(3)4/h2-15H,1H3;6-7H,(H,1,2)(H,3,4). The van der Waals surface area contributed by atoms with Crippen molar-refractivity contribution in [2.75, 3.05) is 0 Å². The predicted octanol–water partition coefficient (Wildman–Crippen LogP) is 5.41. The predicted molar refractivity (Wildman–Crippen MR) is 117 cm³/mol. The van der Waals surface area contributed by atoms with Crippen molar-refractivity contribution in [1.29, 1.82) is 0 Å². The number of para-hydroxylation sites is 2. The van der Waals surface area contributed by atoms with Gasteiger partial charge in [0.25, 0.3) is 0 Å². The van der Waals surface area contributed by atoms with E-state index in [1.807, 2.05) is 31.2 Å². The number of hydrogen-bond acceptors (Lipinski definition) is 7. The van der Waals surface area contributed by atoms with Crippen LogP contribution in [0.4, 0.5) is 0 Å². The molecule has 0 fully saturated rings. The normalized spacial score (nSPS) is 12.6. The summed E-state index contributed by atoms with van der Waals surface area (Å²) in [5.74, 6) is 1.23. The molecule has 3 aromatic rings. The Bertz CT molecular complexity index is 971. The van der Waals surface area contributed by atoms with Gasteiger partial charge in [-0.05, 0) is 43.3 Å². The van der Waals surface area contributed by atoms with Gasteiger partial charge in [-0.15, -0.1) is 0 Å². The van der Waals surface area contributed by atoms with Gasteiger partial charge in [0.1, 0.15) is 17.2 Å². The lowest BCUT2D eigenvalue weighted by Crippen LogP contribution is -2.07. The Balaban J connectivity index is 0.000000423. The van der Waals surface area contributed by atoms with E-state index in [0.717, 1.165) is 5.56 Å². The summed E-state index contributed by atoms with van der Waals surface area (Å²) in [6.07, 6.45) is 0. The molecule has 0 spiro atoms. The minimum absolute atomic E-state index is 0.406. The molecule has 0 radical (unpaired) electrons. The number of hydrogen-bond donors (Lipinski definition) is 2. The highest BCUT2D eigenvalue weighted by atomic mass is 31.2. The molecule has 0 amide bonds. The largest absolute Gasteiger partial charge is 0.647 e. The van der Waals surface area contributed by atoms with Gasteiger partial charge in [-0.25, -0.2) is 4.31 Å². The summed E-state index contributed by atoms with van der Waals surface area (Å²) in [6, 6.07) is 24.8. The maximum Gasteiger partial charge on any atom is 0.647 e. The fourth-order valence-corrected chi connectivity index (χ4v) is 3.93. The molecule has 3 rings (SSSR count). The van der Waals surface area contributed by atoms with E-state index in [0.29, 0.717) is 17.2 Å².